The molecule has 0 unspecified atom stereocenters. The van der Waals surface area contributed by atoms with Gasteiger partial charge in [0.1, 0.15) is 0 Å². The van der Waals surface area contributed by atoms with Crippen molar-refractivity contribution in [2.45, 2.75) is 73.5 Å². The van der Waals surface area contributed by atoms with Crippen LogP contribution in [0.25, 0.3) is 50.3 Å². The first-order valence-corrected chi connectivity index (χ1v) is 16.6. The van der Waals surface area contributed by atoms with E-state index in [4.69, 9.17) is 17.6 Å². The van der Waals surface area contributed by atoms with Crippen LogP contribution in [0.3, 0.4) is 0 Å². The predicted molar refractivity (Wildman–Crippen MR) is 200 cm³/mol. The van der Waals surface area contributed by atoms with Crippen molar-refractivity contribution in [1.29, 1.82) is 0 Å². The Kier molecular flexibility index (Phi) is 9.02. The topological polar surface area (TPSA) is 43.9 Å². The summed E-state index contributed by atoms with van der Waals surface area (Å²) in [6, 6.07) is 32.0. The number of imidazole rings is 1. The molecular weight excluding hydrogens is 779 g/mol. The smallest absolute Gasteiger partial charge is 0.0774 e. The van der Waals surface area contributed by atoms with Crippen LogP contribution in [0.15, 0.2) is 102 Å². The summed E-state index contributed by atoms with van der Waals surface area (Å²) in [6.07, 6.45) is 5.55. The van der Waals surface area contributed by atoms with E-state index in [2.05, 4.69) is 124 Å². The summed E-state index contributed by atoms with van der Waals surface area (Å²) in [5.74, 6) is 2.24. The van der Waals surface area contributed by atoms with Gasteiger partial charge in [-0.25, -0.2) is 0 Å². The van der Waals surface area contributed by atoms with Crippen molar-refractivity contribution in [3.8, 4) is 28.3 Å². The molecule has 1 radical (unpaired) electrons. The number of fused-ring (bicyclic) bond motifs is 2. The Balaban J connectivity index is 0.000000237. The maximum absolute atomic E-state index is 7.28. The molecule has 7 rings (SSSR count). The Morgan fingerprint density at radius 2 is 1.55 bits per heavy atom. The number of hydrogen-bond donors (Lipinski definition) is 0. The average molecular weight is 830 g/mol. The van der Waals surface area contributed by atoms with E-state index in [-0.39, 0.29) is 31.2 Å². The van der Waals surface area contributed by atoms with Crippen LogP contribution < -0.4 is 0 Å². The molecule has 4 aromatic carbocycles. The second-order valence-electron chi connectivity index (χ2n) is 13.3. The van der Waals surface area contributed by atoms with E-state index in [1.54, 1.807) is 12.1 Å². The average Bonchev–Trinajstić information content (AvgIpc) is 3.71. The van der Waals surface area contributed by atoms with Crippen LogP contribution >= 0.6 is 0 Å². The van der Waals surface area contributed by atoms with Gasteiger partial charge >= 0.3 is 0 Å². The molecule has 3 aromatic heterocycles. The molecule has 0 N–H and O–H groups in total. The number of aromatic nitrogens is 3. The molecule has 0 saturated heterocycles. The van der Waals surface area contributed by atoms with Crippen molar-refractivity contribution in [1.82, 2.24) is 14.5 Å². The van der Waals surface area contributed by atoms with Crippen LogP contribution in [-0.2, 0) is 26.5 Å². The first-order chi connectivity index (χ1) is 25.5. The van der Waals surface area contributed by atoms with Crippen molar-refractivity contribution in [3.05, 3.63) is 137 Å². The van der Waals surface area contributed by atoms with Gasteiger partial charge in [-0.1, -0.05) is 126 Å². The van der Waals surface area contributed by atoms with Gasteiger partial charge in [0, 0.05) is 52.1 Å². The quantitative estimate of drug-likeness (QED) is 0.150. The van der Waals surface area contributed by atoms with E-state index in [1.165, 1.54) is 46.8 Å². The molecule has 0 aliphatic heterocycles. The minimum Gasteiger partial charge on any atom is -0.557 e. The zero-order valence-electron chi connectivity index (χ0n) is 34.8. The number of furan rings is 1. The van der Waals surface area contributed by atoms with E-state index in [0.717, 1.165) is 39.8 Å². The summed E-state index contributed by atoms with van der Waals surface area (Å²) < 4.78 is 51.9. The monoisotopic (exact) mass is 830 g/mol. The Morgan fingerprint density at radius 3 is 2.18 bits per heavy atom. The van der Waals surface area contributed by atoms with Crippen molar-refractivity contribution >= 4 is 22.0 Å². The van der Waals surface area contributed by atoms with Crippen LogP contribution in [0.4, 0.5) is 0 Å². The summed E-state index contributed by atoms with van der Waals surface area (Å²) in [5, 5.41) is 1.07. The Bertz CT molecular complexity index is 2290. The number of benzene rings is 4. The van der Waals surface area contributed by atoms with Gasteiger partial charge in [-0.05, 0) is 65.5 Å². The fourth-order valence-electron chi connectivity index (χ4n) is 6.11. The van der Waals surface area contributed by atoms with Gasteiger partial charge in [-0.2, -0.15) is 0 Å². The summed E-state index contributed by atoms with van der Waals surface area (Å²) in [5.41, 5.74) is 10.6. The molecule has 0 amide bonds. The Labute approximate surface area is 313 Å². The molecule has 4 nitrogen and oxygen atoms in total. The fourth-order valence-corrected chi connectivity index (χ4v) is 6.11. The van der Waals surface area contributed by atoms with Gasteiger partial charge in [0.15, 0.2) is 0 Å². The number of rotatable bonds is 7. The van der Waals surface area contributed by atoms with E-state index >= 15 is 0 Å². The number of nitrogens with zero attached hydrogens (tertiary/aromatic N) is 3. The number of pyridine rings is 1. The summed E-state index contributed by atoms with van der Waals surface area (Å²) >= 11 is 0. The molecule has 0 saturated carbocycles. The molecule has 0 spiro atoms. The molecule has 0 atom stereocenters. The van der Waals surface area contributed by atoms with Crippen molar-refractivity contribution in [2.24, 2.45) is 5.92 Å². The predicted octanol–water partition coefficient (Wildman–Crippen LogP) is 11.8. The molecule has 253 valence electrons. The second kappa shape index (κ2) is 15.5. The van der Waals surface area contributed by atoms with E-state index in [1.807, 2.05) is 0 Å². The zero-order valence-corrected chi connectivity index (χ0v) is 31.2. The molecule has 49 heavy (non-hydrogen) atoms. The molecule has 7 aromatic rings. The third-order valence-corrected chi connectivity index (χ3v) is 8.42. The molecule has 0 bridgehead atoms. The number of hydrogen-bond acceptors (Lipinski definition) is 3. The first-order valence-electron chi connectivity index (χ1n) is 19.6. The standard InChI is InChI=1S/C31H33N2O.C13H12N.Ir/c1-19(2)16-22-14-15-29-25(17-22)26(18-34-29)31-32-27-12-7-8-13-28(27)33(31)30-23(20(3)4)10-9-11-24(30)21(5)6;1-10-3-6-12(7-4-10)13-8-5-11(2)9-14-13;/h7-15,17,19-21H,16H2,1-6H3;3-6,8-9H,1-2H3;/q2*-1;/i;1D3,2D3;. The van der Waals surface area contributed by atoms with E-state index in [9.17, 15) is 0 Å². The zero-order chi connectivity index (χ0) is 38.9. The van der Waals surface area contributed by atoms with Gasteiger partial charge < -0.3 is 14.0 Å². The number of aryl methyl sites for hydroxylation is 2. The van der Waals surface area contributed by atoms with E-state index in [0.29, 0.717) is 29.0 Å². The van der Waals surface area contributed by atoms with Gasteiger partial charge in [0.05, 0.1) is 16.9 Å². The molecule has 5 heteroatoms. The minimum absolute atomic E-state index is 0. The summed E-state index contributed by atoms with van der Waals surface area (Å²) in [6.45, 7) is 9.22. The van der Waals surface area contributed by atoms with Crippen molar-refractivity contribution < 1.29 is 32.7 Å². The third kappa shape index (κ3) is 7.80. The van der Waals surface area contributed by atoms with Crippen LogP contribution in [0.2, 0.25) is 0 Å². The molecule has 3 heterocycles. The SMILES string of the molecule is CC(C)Cc1ccc2o[c-]c(-c3nc4ccccc4n3-c3c(C(C)C)cccc3C(C)C)c2c1.[2H]C([2H])([2H])c1c[c-]c(-c2ccc(C([2H])([2H])[2H])cn2)cc1.[Ir]. The van der Waals surface area contributed by atoms with Crippen molar-refractivity contribution in [2.75, 3.05) is 0 Å². The number of para-hydroxylation sites is 3. The maximum Gasteiger partial charge on any atom is 0.0774 e. The fraction of sp³-hybridized carbons (Fsp3) is 0.273. The minimum atomic E-state index is -2.18. The Hall–Kier alpha value is -4.31. The van der Waals surface area contributed by atoms with Crippen LogP contribution in [0.5, 0.6) is 0 Å². The first kappa shape index (κ1) is 28.5. The summed E-state index contributed by atoms with van der Waals surface area (Å²) in [4.78, 5) is 9.22. The van der Waals surface area contributed by atoms with Gasteiger partial charge in [0.2, 0.25) is 0 Å². The van der Waals surface area contributed by atoms with E-state index < -0.39 is 13.7 Å². The Morgan fingerprint density at radius 1 is 0.816 bits per heavy atom. The third-order valence-electron chi connectivity index (χ3n) is 8.42. The molecule has 0 fully saturated rings. The van der Waals surface area contributed by atoms with Crippen molar-refractivity contribution in [3.63, 3.8) is 0 Å². The van der Waals surface area contributed by atoms with Gasteiger partial charge in [-0.15, -0.1) is 35.4 Å². The maximum atomic E-state index is 7.28. The van der Waals surface area contributed by atoms with Crippen LogP contribution in [-0.4, -0.2) is 14.5 Å². The normalized spacial score (nSPS) is 13.7. The summed E-state index contributed by atoms with van der Waals surface area (Å²) in [7, 11) is 0. The molecule has 0 aliphatic carbocycles. The van der Waals surface area contributed by atoms with Crippen LogP contribution in [0, 0.1) is 32.0 Å². The van der Waals surface area contributed by atoms with Gasteiger partial charge in [0.25, 0.3) is 0 Å². The molecule has 0 aliphatic rings. The van der Waals surface area contributed by atoms with Crippen LogP contribution in [0.1, 0.15) is 89.4 Å². The second-order valence-corrected chi connectivity index (χ2v) is 13.3. The molecular formula is C44H45IrN3O-2. The van der Waals surface area contributed by atoms with Gasteiger partial charge in [-0.3, -0.25) is 4.98 Å². The largest absolute Gasteiger partial charge is 0.557 e.